The third-order valence-electron chi connectivity index (χ3n) is 5.29. The summed E-state index contributed by atoms with van der Waals surface area (Å²) in [5.41, 5.74) is 2.02. The van der Waals surface area contributed by atoms with Crippen LogP contribution in [0.1, 0.15) is 16.8 Å². The van der Waals surface area contributed by atoms with Crippen molar-refractivity contribution in [2.24, 2.45) is 0 Å². The Bertz CT molecular complexity index is 911. The van der Waals surface area contributed by atoms with Crippen molar-refractivity contribution < 1.29 is 14.4 Å². The van der Waals surface area contributed by atoms with E-state index in [1.807, 2.05) is 37.2 Å². The lowest BCUT2D eigenvalue weighted by Crippen LogP contribution is -2.65. The molecule has 2 heterocycles. The van der Waals surface area contributed by atoms with E-state index < -0.39 is 12.1 Å². The van der Waals surface area contributed by atoms with E-state index in [1.165, 1.54) is 0 Å². The quantitative estimate of drug-likeness (QED) is 0.888. The highest BCUT2D eigenvalue weighted by Gasteiger charge is 2.49. The molecule has 0 spiro atoms. The molecule has 0 aliphatic carbocycles. The van der Waals surface area contributed by atoms with Crippen molar-refractivity contribution in [3.05, 3.63) is 60.2 Å². The molecule has 7 heteroatoms. The second-order valence-corrected chi connectivity index (χ2v) is 7.24. The molecule has 7 nitrogen and oxygen atoms in total. The highest BCUT2D eigenvalue weighted by molar-refractivity contribution is 6.19. The Hall–Kier alpha value is -3.35. The van der Waals surface area contributed by atoms with Gasteiger partial charge in [-0.3, -0.25) is 9.59 Å². The zero-order valence-electron chi connectivity index (χ0n) is 15.8. The Labute approximate surface area is 163 Å². The summed E-state index contributed by atoms with van der Waals surface area (Å²) in [5.74, 6) is -0.564. The lowest BCUT2D eigenvalue weighted by molar-refractivity contribution is -0.122. The molecule has 2 aromatic rings. The number of carbonyl (C=O) groups excluding carboxylic acids is 3. The van der Waals surface area contributed by atoms with Crippen LogP contribution in [0.4, 0.5) is 16.2 Å². The molecule has 0 saturated carbocycles. The molecule has 2 atom stereocenters. The number of benzene rings is 2. The summed E-state index contributed by atoms with van der Waals surface area (Å²) < 4.78 is 0. The van der Waals surface area contributed by atoms with Crippen molar-refractivity contribution in [3.8, 4) is 0 Å². The number of likely N-dealkylation sites (tertiary alicyclic amines) is 1. The Morgan fingerprint density at radius 1 is 1.04 bits per heavy atom. The lowest BCUT2D eigenvalue weighted by Gasteiger charge is -2.36. The van der Waals surface area contributed by atoms with Gasteiger partial charge in [-0.15, -0.1) is 0 Å². The molecule has 2 fully saturated rings. The van der Waals surface area contributed by atoms with Crippen LogP contribution in [-0.2, 0) is 4.79 Å². The van der Waals surface area contributed by atoms with Crippen LogP contribution < -0.4 is 15.1 Å². The minimum Gasteiger partial charge on any atom is -0.378 e. The number of nitrogens with zero attached hydrogens (tertiary/aromatic N) is 3. The molecule has 2 aromatic carbocycles. The molecule has 0 bridgehead atoms. The standard InChI is InChI=1S/C21H22N4O3/c1-23(2)15-10-8-14(9-11-15)19(26)24-13-12-17-18(24)20(27)25(21(28)22-17)16-6-4-3-5-7-16/h3-11,17-18H,12-13H2,1-2H3,(H,22,28). The third kappa shape index (κ3) is 2.98. The van der Waals surface area contributed by atoms with Gasteiger partial charge in [0.05, 0.1) is 11.7 Å². The van der Waals surface area contributed by atoms with E-state index >= 15 is 0 Å². The minimum absolute atomic E-state index is 0.199. The van der Waals surface area contributed by atoms with Crippen molar-refractivity contribution in [2.75, 3.05) is 30.4 Å². The number of urea groups is 1. The summed E-state index contributed by atoms with van der Waals surface area (Å²) in [5, 5.41) is 2.88. The predicted molar refractivity (Wildman–Crippen MR) is 106 cm³/mol. The number of carbonyl (C=O) groups is 3. The molecule has 4 rings (SSSR count). The molecule has 2 aliphatic heterocycles. The number of nitrogens with one attached hydrogen (secondary N) is 1. The summed E-state index contributed by atoms with van der Waals surface area (Å²) in [7, 11) is 3.87. The van der Waals surface area contributed by atoms with Crippen molar-refractivity contribution in [3.63, 3.8) is 0 Å². The molecule has 28 heavy (non-hydrogen) atoms. The highest BCUT2D eigenvalue weighted by Crippen LogP contribution is 2.29. The smallest absolute Gasteiger partial charge is 0.329 e. The summed E-state index contributed by atoms with van der Waals surface area (Å²) in [6.07, 6.45) is 0.562. The molecule has 2 unspecified atom stereocenters. The summed E-state index contributed by atoms with van der Waals surface area (Å²) in [4.78, 5) is 43.4. The van der Waals surface area contributed by atoms with Crippen LogP contribution >= 0.6 is 0 Å². The maximum Gasteiger partial charge on any atom is 0.329 e. The lowest BCUT2D eigenvalue weighted by atomic mass is 10.0. The number of imide groups is 1. The Balaban J connectivity index is 1.61. The van der Waals surface area contributed by atoms with Crippen molar-refractivity contribution in [1.29, 1.82) is 0 Å². The second-order valence-electron chi connectivity index (χ2n) is 7.24. The van der Waals surface area contributed by atoms with Gasteiger partial charge in [0.1, 0.15) is 6.04 Å². The van der Waals surface area contributed by atoms with Crippen LogP contribution in [-0.4, -0.2) is 55.5 Å². The fourth-order valence-corrected chi connectivity index (χ4v) is 3.82. The molecule has 1 N–H and O–H groups in total. The normalized spacial score (nSPS) is 21.4. The Morgan fingerprint density at radius 3 is 2.36 bits per heavy atom. The largest absolute Gasteiger partial charge is 0.378 e. The Kier molecular flexibility index (Phi) is 4.50. The van der Waals surface area contributed by atoms with Crippen molar-refractivity contribution >= 4 is 29.2 Å². The van der Waals surface area contributed by atoms with Gasteiger partial charge in [-0.25, -0.2) is 9.69 Å². The second kappa shape index (κ2) is 6.99. The molecule has 2 saturated heterocycles. The molecule has 4 amide bonds. The first-order chi connectivity index (χ1) is 13.5. The number of para-hydroxylation sites is 1. The van der Waals surface area contributed by atoms with Gasteiger partial charge < -0.3 is 15.1 Å². The van der Waals surface area contributed by atoms with Crippen LogP contribution in [0, 0.1) is 0 Å². The number of anilines is 2. The van der Waals surface area contributed by atoms with E-state index in [9.17, 15) is 14.4 Å². The van der Waals surface area contributed by atoms with E-state index in [2.05, 4.69) is 5.32 Å². The third-order valence-corrected chi connectivity index (χ3v) is 5.29. The minimum atomic E-state index is -0.695. The van der Waals surface area contributed by atoms with E-state index in [4.69, 9.17) is 0 Å². The topological polar surface area (TPSA) is 73.0 Å². The van der Waals surface area contributed by atoms with E-state index in [0.717, 1.165) is 10.6 Å². The van der Waals surface area contributed by atoms with Crippen LogP contribution in [0.25, 0.3) is 0 Å². The number of fused-ring (bicyclic) bond motifs is 1. The van der Waals surface area contributed by atoms with Gasteiger partial charge >= 0.3 is 6.03 Å². The zero-order chi connectivity index (χ0) is 19.8. The van der Waals surface area contributed by atoms with Crippen molar-refractivity contribution in [2.45, 2.75) is 18.5 Å². The maximum absolute atomic E-state index is 13.2. The summed E-state index contributed by atoms with van der Waals surface area (Å²) >= 11 is 0. The summed E-state index contributed by atoms with van der Waals surface area (Å²) in [6.45, 7) is 0.429. The van der Waals surface area contributed by atoms with Crippen LogP contribution in [0.2, 0.25) is 0 Å². The van der Waals surface area contributed by atoms with Gasteiger partial charge in [0.15, 0.2) is 0 Å². The number of amides is 4. The molecule has 2 aliphatic rings. The maximum atomic E-state index is 13.2. The van der Waals surface area contributed by atoms with Gasteiger partial charge in [-0.2, -0.15) is 0 Å². The predicted octanol–water partition coefficient (Wildman–Crippen LogP) is 2.09. The zero-order valence-corrected chi connectivity index (χ0v) is 15.8. The van der Waals surface area contributed by atoms with Gasteiger partial charge in [0.25, 0.3) is 11.8 Å². The monoisotopic (exact) mass is 378 g/mol. The first kappa shape index (κ1) is 18.0. The fourth-order valence-electron chi connectivity index (χ4n) is 3.82. The van der Waals surface area contributed by atoms with E-state index in [-0.39, 0.29) is 17.9 Å². The Morgan fingerprint density at radius 2 is 1.71 bits per heavy atom. The first-order valence-corrected chi connectivity index (χ1v) is 9.25. The number of hydrogen-bond acceptors (Lipinski definition) is 4. The van der Waals surface area contributed by atoms with E-state index in [0.29, 0.717) is 24.2 Å². The van der Waals surface area contributed by atoms with Crippen LogP contribution in [0.5, 0.6) is 0 Å². The SMILES string of the molecule is CN(C)c1ccc(C(=O)N2CCC3NC(=O)N(c4ccccc4)C(=O)C32)cc1. The van der Waals surface area contributed by atoms with Gasteiger partial charge in [0, 0.05) is 31.9 Å². The summed E-state index contributed by atoms with van der Waals surface area (Å²) in [6, 6.07) is 14.6. The average molecular weight is 378 g/mol. The van der Waals surface area contributed by atoms with E-state index in [1.54, 1.807) is 41.3 Å². The number of hydrogen-bond donors (Lipinski definition) is 1. The fraction of sp³-hybridized carbons (Fsp3) is 0.286. The first-order valence-electron chi connectivity index (χ1n) is 9.25. The van der Waals surface area contributed by atoms with Gasteiger partial charge in [-0.1, -0.05) is 18.2 Å². The van der Waals surface area contributed by atoms with Crippen molar-refractivity contribution in [1.82, 2.24) is 10.2 Å². The highest BCUT2D eigenvalue weighted by atomic mass is 16.2. The average Bonchev–Trinajstić information content (AvgIpc) is 3.12. The van der Waals surface area contributed by atoms with Crippen LogP contribution in [0.15, 0.2) is 54.6 Å². The van der Waals surface area contributed by atoms with Gasteiger partial charge in [-0.05, 0) is 42.8 Å². The molecular formula is C21H22N4O3. The molecule has 144 valence electrons. The molecular weight excluding hydrogens is 356 g/mol. The number of rotatable bonds is 3. The van der Waals surface area contributed by atoms with Crippen LogP contribution in [0.3, 0.4) is 0 Å². The molecule has 0 aromatic heterocycles. The molecule has 0 radical (unpaired) electrons. The van der Waals surface area contributed by atoms with Gasteiger partial charge in [0.2, 0.25) is 0 Å².